The number of ketones is 2. The Bertz CT molecular complexity index is 182. The molecular formula is C8H11BrO2. The number of carbonyl (C=O) groups excluding carboxylic acids is 2. The smallest absolute Gasteiger partial charge is 0.140 e. The second-order valence-corrected chi connectivity index (χ2v) is 3.62. The van der Waals surface area contributed by atoms with Crippen molar-refractivity contribution in [3.63, 3.8) is 0 Å². The van der Waals surface area contributed by atoms with E-state index in [0.29, 0.717) is 10.9 Å². The molecule has 0 aromatic heterocycles. The summed E-state index contributed by atoms with van der Waals surface area (Å²) in [5, 5.41) is 0. The summed E-state index contributed by atoms with van der Waals surface area (Å²) in [5.74, 6) is -0.710. The zero-order valence-electron chi connectivity index (χ0n) is 6.69. The highest BCUT2D eigenvalue weighted by Gasteiger charge is 2.19. The van der Waals surface area contributed by atoms with E-state index in [9.17, 15) is 9.59 Å². The zero-order chi connectivity index (χ0) is 9.02. The minimum atomic E-state index is -0.512. The molecule has 62 valence electrons. The van der Waals surface area contributed by atoms with Crippen LogP contribution in [0.5, 0.6) is 0 Å². The largest absolute Gasteiger partial charge is 0.299 e. The van der Waals surface area contributed by atoms with Gasteiger partial charge >= 0.3 is 0 Å². The zero-order valence-corrected chi connectivity index (χ0v) is 8.27. The first-order valence-electron chi connectivity index (χ1n) is 3.29. The number of hydrogen-bond donors (Lipinski definition) is 0. The lowest BCUT2D eigenvalue weighted by molar-refractivity contribution is -0.130. The molecule has 11 heavy (non-hydrogen) atoms. The van der Waals surface area contributed by atoms with Crippen molar-refractivity contribution in [3.05, 3.63) is 11.1 Å². The number of rotatable bonds is 4. The van der Waals surface area contributed by atoms with Gasteiger partial charge in [0.05, 0.1) is 5.92 Å². The fraction of sp³-hybridized carbons (Fsp3) is 0.500. The van der Waals surface area contributed by atoms with E-state index in [1.54, 1.807) is 0 Å². The van der Waals surface area contributed by atoms with E-state index in [1.807, 2.05) is 0 Å². The first kappa shape index (κ1) is 10.6. The Hall–Kier alpha value is -0.440. The predicted octanol–water partition coefficient (Wildman–Crippen LogP) is 2.08. The lowest BCUT2D eigenvalue weighted by atomic mass is 9.97. The Morgan fingerprint density at radius 1 is 1.36 bits per heavy atom. The lowest BCUT2D eigenvalue weighted by Gasteiger charge is -2.07. The topological polar surface area (TPSA) is 34.1 Å². The first-order chi connectivity index (χ1) is 4.95. The van der Waals surface area contributed by atoms with Crippen LogP contribution in [-0.2, 0) is 9.59 Å². The van der Waals surface area contributed by atoms with Crippen molar-refractivity contribution in [2.75, 3.05) is 0 Å². The van der Waals surface area contributed by atoms with Crippen LogP contribution in [0.15, 0.2) is 11.1 Å². The van der Waals surface area contributed by atoms with Gasteiger partial charge < -0.3 is 0 Å². The van der Waals surface area contributed by atoms with Crippen molar-refractivity contribution in [3.8, 4) is 0 Å². The van der Waals surface area contributed by atoms with Gasteiger partial charge in [-0.15, -0.1) is 0 Å². The van der Waals surface area contributed by atoms with Gasteiger partial charge in [-0.25, -0.2) is 0 Å². The molecule has 0 bridgehead atoms. The molecule has 0 atom stereocenters. The molecule has 0 heterocycles. The van der Waals surface area contributed by atoms with Gasteiger partial charge in [0.25, 0.3) is 0 Å². The van der Waals surface area contributed by atoms with Crippen molar-refractivity contribution >= 4 is 27.5 Å². The van der Waals surface area contributed by atoms with Crippen LogP contribution in [0, 0.1) is 5.92 Å². The second-order valence-electron chi connectivity index (χ2n) is 2.50. The molecule has 0 saturated carbocycles. The lowest BCUT2D eigenvalue weighted by Crippen LogP contribution is -2.18. The minimum absolute atomic E-state index is 0.0990. The van der Waals surface area contributed by atoms with Crippen LogP contribution in [0.25, 0.3) is 0 Å². The van der Waals surface area contributed by atoms with Crippen LogP contribution in [-0.4, -0.2) is 11.6 Å². The molecule has 0 aliphatic rings. The van der Waals surface area contributed by atoms with E-state index < -0.39 is 5.92 Å². The molecule has 0 saturated heterocycles. The highest BCUT2D eigenvalue weighted by atomic mass is 79.9. The molecule has 0 spiro atoms. The summed E-state index contributed by atoms with van der Waals surface area (Å²) in [6, 6.07) is 0. The van der Waals surface area contributed by atoms with Gasteiger partial charge in [0.15, 0.2) is 0 Å². The second kappa shape index (κ2) is 4.44. The molecule has 0 fully saturated rings. The maximum Gasteiger partial charge on any atom is 0.140 e. The summed E-state index contributed by atoms with van der Waals surface area (Å²) in [6.07, 6.45) is 0.407. The molecule has 0 amide bonds. The summed E-state index contributed by atoms with van der Waals surface area (Å²) >= 11 is 3.11. The predicted molar refractivity (Wildman–Crippen MR) is 47.5 cm³/mol. The standard InChI is InChI=1S/C8H11BrO2/c1-5(9)4-8(6(2)10)7(3)11/h8H,1,4H2,2-3H3. The Morgan fingerprint density at radius 2 is 1.73 bits per heavy atom. The van der Waals surface area contributed by atoms with Crippen molar-refractivity contribution < 1.29 is 9.59 Å². The average molecular weight is 219 g/mol. The van der Waals surface area contributed by atoms with Crippen LogP contribution in [0.3, 0.4) is 0 Å². The van der Waals surface area contributed by atoms with E-state index in [4.69, 9.17) is 0 Å². The van der Waals surface area contributed by atoms with Crippen molar-refractivity contribution in [2.45, 2.75) is 20.3 Å². The molecule has 0 aliphatic heterocycles. The fourth-order valence-electron chi connectivity index (χ4n) is 0.795. The number of halogens is 1. The first-order valence-corrected chi connectivity index (χ1v) is 4.08. The monoisotopic (exact) mass is 218 g/mol. The van der Waals surface area contributed by atoms with Crippen molar-refractivity contribution in [2.24, 2.45) is 5.92 Å². The Morgan fingerprint density at radius 3 is 1.82 bits per heavy atom. The molecule has 0 unspecified atom stereocenters. The van der Waals surface area contributed by atoms with Gasteiger partial charge in [0, 0.05) is 0 Å². The highest BCUT2D eigenvalue weighted by molar-refractivity contribution is 9.11. The van der Waals surface area contributed by atoms with E-state index >= 15 is 0 Å². The fourth-order valence-corrected chi connectivity index (χ4v) is 1.12. The molecule has 0 aromatic carbocycles. The van der Waals surface area contributed by atoms with Gasteiger partial charge in [-0.2, -0.15) is 0 Å². The summed E-state index contributed by atoms with van der Waals surface area (Å²) in [4.78, 5) is 21.7. The maximum absolute atomic E-state index is 10.8. The maximum atomic E-state index is 10.8. The molecular weight excluding hydrogens is 208 g/mol. The quantitative estimate of drug-likeness (QED) is 0.678. The van der Waals surface area contributed by atoms with Gasteiger partial charge in [-0.1, -0.05) is 22.5 Å². The van der Waals surface area contributed by atoms with Crippen LogP contribution < -0.4 is 0 Å². The van der Waals surface area contributed by atoms with Crippen LogP contribution in [0.1, 0.15) is 20.3 Å². The van der Waals surface area contributed by atoms with E-state index in [2.05, 4.69) is 22.5 Å². The SMILES string of the molecule is C=C(Br)CC(C(C)=O)C(C)=O. The number of hydrogen-bond acceptors (Lipinski definition) is 2. The normalized spacial score (nSPS) is 9.82. The Balaban J connectivity index is 4.23. The van der Waals surface area contributed by atoms with Crippen LogP contribution >= 0.6 is 15.9 Å². The molecule has 0 radical (unpaired) electrons. The van der Waals surface area contributed by atoms with E-state index in [1.165, 1.54) is 13.8 Å². The van der Waals surface area contributed by atoms with Gasteiger partial charge in [-0.05, 0) is 24.8 Å². The van der Waals surface area contributed by atoms with Crippen LogP contribution in [0.4, 0.5) is 0 Å². The summed E-state index contributed by atoms with van der Waals surface area (Å²) in [5.41, 5.74) is 0. The van der Waals surface area contributed by atoms with Gasteiger partial charge in [-0.3, -0.25) is 9.59 Å². The third-order valence-corrected chi connectivity index (χ3v) is 1.73. The summed E-state index contributed by atoms with van der Waals surface area (Å²) in [7, 11) is 0. The molecule has 0 N–H and O–H groups in total. The summed E-state index contributed by atoms with van der Waals surface area (Å²) in [6.45, 7) is 6.41. The Labute approximate surface area is 74.8 Å². The molecule has 0 aliphatic carbocycles. The van der Waals surface area contributed by atoms with E-state index in [0.717, 1.165) is 0 Å². The molecule has 3 heteroatoms. The van der Waals surface area contributed by atoms with Gasteiger partial charge in [0.2, 0.25) is 0 Å². The molecule has 2 nitrogen and oxygen atoms in total. The number of carbonyl (C=O) groups is 2. The number of allylic oxidation sites excluding steroid dienone is 1. The Kier molecular flexibility index (Phi) is 4.26. The van der Waals surface area contributed by atoms with Crippen molar-refractivity contribution in [1.29, 1.82) is 0 Å². The van der Waals surface area contributed by atoms with Crippen LogP contribution in [0.2, 0.25) is 0 Å². The highest BCUT2D eigenvalue weighted by Crippen LogP contribution is 2.16. The number of Topliss-reactive ketones (excluding diaryl/α,β-unsaturated/α-hetero) is 2. The van der Waals surface area contributed by atoms with Crippen molar-refractivity contribution in [1.82, 2.24) is 0 Å². The third kappa shape index (κ3) is 4.09. The average Bonchev–Trinajstić information content (AvgIpc) is 1.81. The molecule has 0 aromatic rings. The third-order valence-electron chi connectivity index (χ3n) is 1.41. The summed E-state index contributed by atoms with van der Waals surface area (Å²) < 4.78 is 0.688. The van der Waals surface area contributed by atoms with E-state index in [-0.39, 0.29) is 11.6 Å². The van der Waals surface area contributed by atoms with Gasteiger partial charge in [0.1, 0.15) is 11.6 Å². The minimum Gasteiger partial charge on any atom is -0.299 e. The molecule has 0 rings (SSSR count).